The number of carboxylic acid groups (broad SMARTS) is 1. The summed E-state index contributed by atoms with van der Waals surface area (Å²) >= 11 is 0. The van der Waals surface area contributed by atoms with E-state index in [-0.39, 0.29) is 5.91 Å². The van der Waals surface area contributed by atoms with Gasteiger partial charge in [0.15, 0.2) is 0 Å². The van der Waals surface area contributed by atoms with Crippen LogP contribution in [0.15, 0.2) is 12.2 Å². The summed E-state index contributed by atoms with van der Waals surface area (Å²) in [5.41, 5.74) is 0. The Kier molecular flexibility index (Phi) is 7.34. The number of hydrogen-bond donors (Lipinski definition) is 2. The summed E-state index contributed by atoms with van der Waals surface area (Å²) in [7, 11) is 0. The second-order valence-corrected chi connectivity index (χ2v) is 5.66. The van der Waals surface area contributed by atoms with Gasteiger partial charge in [-0.1, -0.05) is 45.3 Å². The van der Waals surface area contributed by atoms with Gasteiger partial charge in [0, 0.05) is 6.54 Å². The highest BCUT2D eigenvalue weighted by atomic mass is 16.4. The van der Waals surface area contributed by atoms with Crippen molar-refractivity contribution < 1.29 is 14.7 Å². The van der Waals surface area contributed by atoms with Crippen LogP contribution in [0, 0.1) is 17.8 Å². The van der Waals surface area contributed by atoms with E-state index < -0.39 is 17.8 Å². The van der Waals surface area contributed by atoms with Crippen LogP contribution in [0.25, 0.3) is 0 Å². The molecular weight excluding hydrogens is 254 g/mol. The Balaban J connectivity index is 2.48. The minimum absolute atomic E-state index is 0.100. The largest absolute Gasteiger partial charge is 0.481 e. The maximum atomic E-state index is 12.2. The summed E-state index contributed by atoms with van der Waals surface area (Å²) < 4.78 is 0. The van der Waals surface area contributed by atoms with Crippen molar-refractivity contribution in [3.63, 3.8) is 0 Å². The van der Waals surface area contributed by atoms with E-state index in [0.29, 0.717) is 25.3 Å². The average Bonchev–Trinajstić information content (AvgIpc) is 2.47. The van der Waals surface area contributed by atoms with Crippen molar-refractivity contribution >= 4 is 11.9 Å². The first-order chi connectivity index (χ1) is 9.60. The Labute approximate surface area is 121 Å². The van der Waals surface area contributed by atoms with E-state index in [4.69, 9.17) is 0 Å². The fourth-order valence-electron chi connectivity index (χ4n) is 2.70. The maximum Gasteiger partial charge on any atom is 0.307 e. The van der Waals surface area contributed by atoms with Gasteiger partial charge in [0.2, 0.25) is 5.91 Å². The molecule has 0 fully saturated rings. The third-order valence-corrected chi connectivity index (χ3v) is 4.19. The smallest absolute Gasteiger partial charge is 0.307 e. The van der Waals surface area contributed by atoms with Crippen molar-refractivity contribution in [3.8, 4) is 0 Å². The Morgan fingerprint density at radius 2 is 1.90 bits per heavy atom. The van der Waals surface area contributed by atoms with Crippen molar-refractivity contribution in [1.29, 1.82) is 0 Å². The molecule has 1 aliphatic rings. The molecule has 3 atom stereocenters. The lowest BCUT2D eigenvalue weighted by Gasteiger charge is -2.25. The Morgan fingerprint density at radius 3 is 2.45 bits per heavy atom. The quantitative estimate of drug-likeness (QED) is 0.672. The molecule has 1 rings (SSSR count). The number of carbonyl (C=O) groups excluding carboxylic acids is 1. The van der Waals surface area contributed by atoms with E-state index in [0.717, 1.165) is 12.8 Å². The van der Waals surface area contributed by atoms with Gasteiger partial charge in [-0.25, -0.2) is 0 Å². The number of unbranched alkanes of at least 4 members (excludes halogenated alkanes) is 1. The van der Waals surface area contributed by atoms with Gasteiger partial charge in [0.05, 0.1) is 11.8 Å². The summed E-state index contributed by atoms with van der Waals surface area (Å²) in [6.45, 7) is 4.97. The number of hydrogen-bond acceptors (Lipinski definition) is 2. The second kappa shape index (κ2) is 8.77. The number of rotatable bonds is 8. The summed E-state index contributed by atoms with van der Waals surface area (Å²) in [5, 5.41) is 12.1. The molecule has 0 spiro atoms. The van der Waals surface area contributed by atoms with Crippen molar-refractivity contribution in [1.82, 2.24) is 5.32 Å². The van der Waals surface area contributed by atoms with E-state index in [2.05, 4.69) is 19.2 Å². The highest BCUT2D eigenvalue weighted by Gasteiger charge is 2.33. The highest BCUT2D eigenvalue weighted by Crippen LogP contribution is 2.26. The van der Waals surface area contributed by atoms with Gasteiger partial charge in [-0.05, 0) is 25.2 Å². The van der Waals surface area contributed by atoms with Gasteiger partial charge in [0.25, 0.3) is 0 Å². The predicted octanol–water partition coefficient (Wildman–Crippen LogP) is 2.99. The first kappa shape index (κ1) is 16.7. The van der Waals surface area contributed by atoms with Crippen LogP contribution in [0.5, 0.6) is 0 Å². The molecule has 0 aliphatic heterocycles. The van der Waals surface area contributed by atoms with Gasteiger partial charge >= 0.3 is 5.97 Å². The molecule has 0 aromatic carbocycles. The van der Waals surface area contributed by atoms with Crippen LogP contribution in [0.4, 0.5) is 0 Å². The molecule has 0 unspecified atom stereocenters. The molecule has 114 valence electrons. The number of allylic oxidation sites excluding steroid dienone is 2. The summed E-state index contributed by atoms with van der Waals surface area (Å²) in [6, 6.07) is 0. The fourth-order valence-corrected chi connectivity index (χ4v) is 2.70. The Hall–Kier alpha value is -1.32. The minimum Gasteiger partial charge on any atom is -0.481 e. The second-order valence-electron chi connectivity index (χ2n) is 5.66. The number of carbonyl (C=O) groups is 2. The number of carboxylic acids is 1. The molecular formula is C16H27NO3. The topological polar surface area (TPSA) is 66.4 Å². The Morgan fingerprint density at radius 1 is 1.25 bits per heavy atom. The zero-order valence-corrected chi connectivity index (χ0v) is 12.6. The fraction of sp³-hybridized carbons (Fsp3) is 0.750. The van der Waals surface area contributed by atoms with Crippen molar-refractivity contribution in [2.75, 3.05) is 6.54 Å². The van der Waals surface area contributed by atoms with Crippen molar-refractivity contribution in [2.45, 2.75) is 52.4 Å². The molecule has 1 amide bonds. The van der Waals surface area contributed by atoms with E-state index in [1.54, 1.807) is 0 Å². The normalized spacial score (nSPS) is 23.3. The summed E-state index contributed by atoms with van der Waals surface area (Å²) in [4.78, 5) is 23.4. The number of aliphatic carboxylic acids is 1. The van der Waals surface area contributed by atoms with Crippen LogP contribution < -0.4 is 5.32 Å². The van der Waals surface area contributed by atoms with Crippen LogP contribution in [-0.2, 0) is 9.59 Å². The third kappa shape index (κ3) is 4.99. The maximum absolute atomic E-state index is 12.2. The molecule has 20 heavy (non-hydrogen) atoms. The lowest BCUT2D eigenvalue weighted by atomic mass is 9.82. The average molecular weight is 281 g/mol. The molecule has 4 nitrogen and oxygen atoms in total. The van der Waals surface area contributed by atoms with Crippen LogP contribution >= 0.6 is 0 Å². The van der Waals surface area contributed by atoms with E-state index in [9.17, 15) is 14.7 Å². The molecule has 2 N–H and O–H groups in total. The monoisotopic (exact) mass is 281 g/mol. The van der Waals surface area contributed by atoms with E-state index in [1.807, 2.05) is 12.2 Å². The van der Waals surface area contributed by atoms with Gasteiger partial charge in [-0.3, -0.25) is 9.59 Å². The molecule has 0 radical (unpaired) electrons. The molecule has 1 aliphatic carbocycles. The van der Waals surface area contributed by atoms with Crippen LogP contribution in [0.3, 0.4) is 0 Å². The predicted molar refractivity (Wildman–Crippen MR) is 79.3 cm³/mol. The molecule has 0 saturated carbocycles. The molecule has 0 bridgehead atoms. The van der Waals surface area contributed by atoms with E-state index >= 15 is 0 Å². The van der Waals surface area contributed by atoms with Gasteiger partial charge in [-0.2, -0.15) is 0 Å². The molecule has 0 aromatic heterocycles. The lowest BCUT2D eigenvalue weighted by Crippen LogP contribution is -2.40. The van der Waals surface area contributed by atoms with Crippen LogP contribution in [0.1, 0.15) is 52.4 Å². The molecule has 0 saturated heterocycles. The van der Waals surface area contributed by atoms with Crippen LogP contribution in [-0.4, -0.2) is 23.5 Å². The number of nitrogens with one attached hydrogen (secondary N) is 1. The molecule has 0 heterocycles. The van der Waals surface area contributed by atoms with Gasteiger partial charge in [-0.15, -0.1) is 0 Å². The molecule has 0 aromatic rings. The first-order valence-electron chi connectivity index (χ1n) is 7.75. The number of amides is 1. The Bertz CT molecular complexity index is 352. The van der Waals surface area contributed by atoms with Crippen molar-refractivity contribution in [2.24, 2.45) is 17.8 Å². The molecule has 4 heteroatoms. The standard InChI is InChI=1S/C16H27NO3/c1-3-5-8-12(4-2)11-17-15(18)13-9-6-7-10-14(13)16(19)20/h6-7,12-14H,3-5,8-11H2,1-2H3,(H,17,18)(H,19,20)/t12-,13-,14+/m0/s1. The SMILES string of the molecule is CCCC[C@H](CC)CNC(=O)[C@H]1CC=CC[C@H]1C(=O)O. The first-order valence-corrected chi connectivity index (χ1v) is 7.75. The zero-order valence-electron chi connectivity index (χ0n) is 12.6. The summed E-state index contributed by atoms with van der Waals surface area (Å²) in [6.07, 6.45) is 9.29. The third-order valence-electron chi connectivity index (χ3n) is 4.19. The van der Waals surface area contributed by atoms with Crippen molar-refractivity contribution in [3.05, 3.63) is 12.2 Å². The highest BCUT2D eigenvalue weighted by molar-refractivity contribution is 5.85. The zero-order chi connectivity index (χ0) is 15.0. The van der Waals surface area contributed by atoms with Gasteiger partial charge in [0.1, 0.15) is 0 Å². The minimum atomic E-state index is -0.868. The van der Waals surface area contributed by atoms with E-state index in [1.165, 1.54) is 12.8 Å². The van der Waals surface area contributed by atoms with Gasteiger partial charge < -0.3 is 10.4 Å². The summed E-state index contributed by atoms with van der Waals surface area (Å²) in [5.74, 6) is -1.46. The van der Waals surface area contributed by atoms with Crippen LogP contribution in [0.2, 0.25) is 0 Å². The lowest BCUT2D eigenvalue weighted by molar-refractivity contribution is -0.147.